The topological polar surface area (TPSA) is 9.23 Å². The van der Waals surface area contributed by atoms with Crippen LogP contribution in [0.1, 0.15) is 78.6 Å². The van der Waals surface area contributed by atoms with E-state index in [0.29, 0.717) is 11.5 Å². The van der Waals surface area contributed by atoms with E-state index in [4.69, 9.17) is 4.74 Å². The van der Waals surface area contributed by atoms with Crippen LogP contribution in [-0.2, 0) is 4.74 Å². The molecule has 0 saturated heterocycles. The van der Waals surface area contributed by atoms with Crippen molar-refractivity contribution in [3.8, 4) is 0 Å². The highest BCUT2D eigenvalue weighted by Gasteiger charge is 2.30. The largest absolute Gasteiger partial charge is 0.378 e. The van der Waals surface area contributed by atoms with Gasteiger partial charge in [0.1, 0.15) is 0 Å². The Balaban J connectivity index is 2.45. The van der Waals surface area contributed by atoms with Crippen molar-refractivity contribution in [1.82, 2.24) is 0 Å². The Hall–Kier alpha value is 0.310. The lowest BCUT2D eigenvalue weighted by molar-refractivity contribution is -0.0343. The highest BCUT2D eigenvalue weighted by molar-refractivity contribution is 7.80. The van der Waals surface area contributed by atoms with Crippen LogP contribution < -0.4 is 0 Å². The SMILES string of the molecule is CCCC(CS)(CCC)COC1CCCC(CC)C1. The number of thiol groups is 1. The van der Waals surface area contributed by atoms with E-state index in [1.165, 1.54) is 57.8 Å². The van der Waals surface area contributed by atoms with Crippen LogP contribution >= 0.6 is 12.6 Å². The van der Waals surface area contributed by atoms with Gasteiger partial charge >= 0.3 is 0 Å². The summed E-state index contributed by atoms with van der Waals surface area (Å²) >= 11 is 4.62. The Morgan fingerprint density at radius 3 is 2.32 bits per heavy atom. The first-order valence-electron chi connectivity index (χ1n) is 8.42. The van der Waals surface area contributed by atoms with Gasteiger partial charge in [0.15, 0.2) is 0 Å². The van der Waals surface area contributed by atoms with Crippen molar-refractivity contribution < 1.29 is 4.74 Å². The van der Waals surface area contributed by atoms with E-state index in [2.05, 4.69) is 33.4 Å². The third-order valence-electron chi connectivity index (χ3n) is 4.83. The summed E-state index contributed by atoms with van der Waals surface area (Å²) in [5.74, 6) is 1.88. The van der Waals surface area contributed by atoms with Gasteiger partial charge in [-0.05, 0) is 37.4 Å². The zero-order valence-corrected chi connectivity index (χ0v) is 14.2. The minimum absolute atomic E-state index is 0.325. The lowest BCUT2D eigenvalue weighted by atomic mass is 9.81. The first-order valence-corrected chi connectivity index (χ1v) is 9.05. The summed E-state index contributed by atoms with van der Waals surface area (Å²) in [5, 5.41) is 0. The highest BCUT2D eigenvalue weighted by atomic mass is 32.1. The van der Waals surface area contributed by atoms with Crippen LogP contribution in [0.5, 0.6) is 0 Å². The van der Waals surface area contributed by atoms with Crippen LogP contribution in [0, 0.1) is 11.3 Å². The predicted octanol–water partition coefficient (Wildman–Crippen LogP) is 5.49. The first-order chi connectivity index (χ1) is 9.19. The molecule has 2 unspecified atom stereocenters. The molecule has 0 aliphatic heterocycles. The maximum atomic E-state index is 6.33. The lowest BCUT2D eigenvalue weighted by Crippen LogP contribution is -2.33. The summed E-state index contributed by atoms with van der Waals surface area (Å²) in [5.41, 5.74) is 0.325. The van der Waals surface area contributed by atoms with Crippen molar-refractivity contribution >= 4 is 12.6 Å². The monoisotopic (exact) mass is 286 g/mol. The van der Waals surface area contributed by atoms with Crippen molar-refractivity contribution in [2.24, 2.45) is 11.3 Å². The van der Waals surface area contributed by atoms with Crippen molar-refractivity contribution in [2.75, 3.05) is 12.4 Å². The predicted molar refractivity (Wildman–Crippen MR) is 88.1 cm³/mol. The fourth-order valence-corrected chi connectivity index (χ4v) is 4.00. The average Bonchev–Trinajstić information content (AvgIpc) is 2.45. The molecule has 0 bridgehead atoms. The minimum atomic E-state index is 0.325. The van der Waals surface area contributed by atoms with E-state index in [1.807, 2.05) is 0 Å². The molecule has 0 amide bonds. The summed E-state index contributed by atoms with van der Waals surface area (Å²) < 4.78 is 6.33. The van der Waals surface area contributed by atoms with E-state index in [0.717, 1.165) is 18.3 Å². The summed E-state index contributed by atoms with van der Waals surface area (Å²) in [6, 6.07) is 0. The molecule has 1 rings (SSSR count). The standard InChI is InChI=1S/C17H34OS/c1-4-10-17(14-19,11-5-2)13-18-16-9-7-8-15(6-3)12-16/h15-16,19H,4-14H2,1-3H3. The number of hydrogen-bond acceptors (Lipinski definition) is 2. The second-order valence-electron chi connectivity index (χ2n) is 6.53. The quantitative estimate of drug-likeness (QED) is 0.552. The average molecular weight is 287 g/mol. The number of hydrogen-bond donors (Lipinski definition) is 1. The number of rotatable bonds is 9. The van der Waals surface area contributed by atoms with Crippen LogP contribution in [0.25, 0.3) is 0 Å². The zero-order valence-electron chi connectivity index (χ0n) is 13.3. The van der Waals surface area contributed by atoms with Crippen LogP contribution in [0.4, 0.5) is 0 Å². The van der Waals surface area contributed by atoms with Crippen LogP contribution in [0.15, 0.2) is 0 Å². The third-order valence-corrected chi connectivity index (χ3v) is 5.50. The molecular formula is C17H34OS. The van der Waals surface area contributed by atoms with E-state index in [9.17, 15) is 0 Å². The van der Waals surface area contributed by atoms with Gasteiger partial charge in [-0.15, -0.1) is 0 Å². The molecule has 0 radical (unpaired) electrons. The molecule has 1 fully saturated rings. The van der Waals surface area contributed by atoms with Gasteiger partial charge in [0.25, 0.3) is 0 Å². The van der Waals surface area contributed by atoms with Gasteiger partial charge < -0.3 is 4.74 Å². The maximum Gasteiger partial charge on any atom is 0.0578 e. The second kappa shape index (κ2) is 9.28. The molecule has 0 heterocycles. The fraction of sp³-hybridized carbons (Fsp3) is 1.00. The molecule has 0 aromatic rings. The van der Waals surface area contributed by atoms with E-state index in [1.54, 1.807) is 0 Å². The van der Waals surface area contributed by atoms with Crippen molar-refractivity contribution in [2.45, 2.75) is 84.7 Å². The Labute approximate surface area is 126 Å². The van der Waals surface area contributed by atoms with E-state index in [-0.39, 0.29) is 0 Å². The molecule has 1 saturated carbocycles. The third kappa shape index (κ3) is 5.67. The summed E-state index contributed by atoms with van der Waals surface area (Å²) in [4.78, 5) is 0. The van der Waals surface area contributed by atoms with Gasteiger partial charge in [-0.2, -0.15) is 12.6 Å². The normalized spacial score (nSPS) is 24.6. The molecule has 0 spiro atoms. The van der Waals surface area contributed by atoms with Gasteiger partial charge in [-0.3, -0.25) is 0 Å². The van der Waals surface area contributed by atoms with Gasteiger partial charge in [-0.25, -0.2) is 0 Å². The highest BCUT2D eigenvalue weighted by Crippen LogP contribution is 2.34. The molecule has 0 aromatic heterocycles. The second-order valence-corrected chi connectivity index (χ2v) is 6.85. The Morgan fingerprint density at radius 1 is 1.11 bits per heavy atom. The van der Waals surface area contributed by atoms with Crippen LogP contribution in [0.3, 0.4) is 0 Å². The van der Waals surface area contributed by atoms with Gasteiger partial charge in [0.2, 0.25) is 0 Å². The lowest BCUT2D eigenvalue weighted by Gasteiger charge is -2.35. The smallest absolute Gasteiger partial charge is 0.0578 e. The Kier molecular flexibility index (Phi) is 8.48. The number of ether oxygens (including phenoxy) is 1. The van der Waals surface area contributed by atoms with Crippen LogP contribution in [-0.4, -0.2) is 18.5 Å². The molecule has 114 valence electrons. The van der Waals surface area contributed by atoms with E-state index >= 15 is 0 Å². The summed E-state index contributed by atoms with van der Waals surface area (Å²) in [6.07, 6.45) is 12.2. The van der Waals surface area contributed by atoms with Crippen molar-refractivity contribution in [3.63, 3.8) is 0 Å². The minimum Gasteiger partial charge on any atom is -0.378 e. The maximum absolute atomic E-state index is 6.33. The Morgan fingerprint density at radius 2 is 1.79 bits per heavy atom. The summed E-state index contributed by atoms with van der Waals surface area (Å²) in [7, 11) is 0. The molecular weight excluding hydrogens is 252 g/mol. The van der Waals surface area contributed by atoms with Gasteiger partial charge in [0, 0.05) is 5.41 Å². The molecule has 1 aliphatic rings. The molecule has 0 N–H and O–H groups in total. The first kappa shape index (κ1) is 17.4. The van der Waals surface area contributed by atoms with Gasteiger partial charge in [0.05, 0.1) is 12.7 Å². The van der Waals surface area contributed by atoms with E-state index < -0.39 is 0 Å². The summed E-state index contributed by atoms with van der Waals surface area (Å²) in [6.45, 7) is 7.81. The molecule has 2 atom stereocenters. The molecule has 1 nitrogen and oxygen atoms in total. The molecule has 1 aliphatic carbocycles. The molecule has 2 heteroatoms. The zero-order chi connectivity index (χ0) is 14.1. The van der Waals surface area contributed by atoms with Crippen molar-refractivity contribution in [3.05, 3.63) is 0 Å². The molecule has 19 heavy (non-hydrogen) atoms. The fourth-order valence-electron chi connectivity index (χ4n) is 3.59. The van der Waals surface area contributed by atoms with Crippen molar-refractivity contribution in [1.29, 1.82) is 0 Å². The van der Waals surface area contributed by atoms with Crippen LogP contribution in [0.2, 0.25) is 0 Å². The Bertz CT molecular complexity index is 223. The van der Waals surface area contributed by atoms with Gasteiger partial charge in [-0.1, -0.05) is 52.9 Å². The molecule has 0 aromatic carbocycles.